The number of urea groups is 1. The van der Waals surface area contributed by atoms with E-state index in [1.54, 1.807) is 23.2 Å². The van der Waals surface area contributed by atoms with Crippen LogP contribution < -0.4 is 10.1 Å². The summed E-state index contributed by atoms with van der Waals surface area (Å²) in [6.07, 6.45) is 2.37. The van der Waals surface area contributed by atoms with Crippen LogP contribution in [0.1, 0.15) is 12.0 Å². The number of aromatic nitrogens is 2. The molecule has 0 radical (unpaired) electrons. The molecule has 22 heavy (non-hydrogen) atoms. The van der Waals surface area contributed by atoms with Gasteiger partial charge in [0, 0.05) is 31.8 Å². The van der Waals surface area contributed by atoms with Crippen molar-refractivity contribution in [1.82, 2.24) is 20.4 Å². The maximum Gasteiger partial charge on any atom is 0.317 e. The Kier molecular flexibility index (Phi) is 4.48. The first-order chi connectivity index (χ1) is 10.8. The summed E-state index contributed by atoms with van der Waals surface area (Å²) >= 11 is 0. The van der Waals surface area contributed by atoms with Crippen molar-refractivity contribution in [2.24, 2.45) is 0 Å². The van der Waals surface area contributed by atoms with Gasteiger partial charge >= 0.3 is 6.03 Å². The molecule has 1 N–H and O–H groups in total. The molecule has 1 saturated heterocycles. The maximum absolute atomic E-state index is 12.1. The number of likely N-dealkylation sites (tertiary alicyclic amines) is 1. The molecule has 2 aromatic rings. The zero-order chi connectivity index (χ0) is 15.2. The summed E-state index contributed by atoms with van der Waals surface area (Å²) < 4.78 is 5.72. The van der Waals surface area contributed by atoms with Crippen molar-refractivity contribution >= 4 is 6.03 Å². The molecule has 2 amide bonds. The van der Waals surface area contributed by atoms with E-state index in [2.05, 4.69) is 15.5 Å². The minimum Gasteiger partial charge on any atom is -0.471 e. The lowest BCUT2D eigenvalue weighted by Gasteiger charge is -2.17. The first kappa shape index (κ1) is 14.3. The van der Waals surface area contributed by atoms with E-state index in [4.69, 9.17) is 4.74 Å². The highest BCUT2D eigenvalue weighted by Gasteiger charge is 2.27. The summed E-state index contributed by atoms with van der Waals surface area (Å²) in [5.74, 6) is 0.499. The van der Waals surface area contributed by atoms with Crippen LogP contribution in [0.3, 0.4) is 0 Å². The van der Waals surface area contributed by atoms with E-state index in [-0.39, 0.29) is 12.1 Å². The molecule has 6 nitrogen and oxygen atoms in total. The second kappa shape index (κ2) is 6.89. The monoisotopic (exact) mass is 298 g/mol. The fourth-order valence-electron chi connectivity index (χ4n) is 2.42. The van der Waals surface area contributed by atoms with Gasteiger partial charge in [-0.05, 0) is 11.6 Å². The van der Waals surface area contributed by atoms with Gasteiger partial charge in [0.05, 0.1) is 6.54 Å². The van der Waals surface area contributed by atoms with Crippen molar-refractivity contribution in [1.29, 1.82) is 0 Å². The predicted molar refractivity (Wildman–Crippen MR) is 81.3 cm³/mol. The van der Waals surface area contributed by atoms with E-state index >= 15 is 0 Å². The molecule has 1 aliphatic rings. The number of hydrogen-bond acceptors (Lipinski definition) is 4. The second-order valence-electron chi connectivity index (χ2n) is 5.18. The number of benzene rings is 1. The highest BCUT2D eigenvalue weighted by molar-refractivity contribution is 5.74. The van der Waals surface area contributed by atoms with Gasteiger partial charge in [0.25, 0.3) is 0 Å². The Morgan fingerprint density at radius 3 is 2.91 bits per heavy atom. The molecular weight excluding hydrogens is 280 g/mol. The molecule has 1 fully saturated rings. The summed E-state index contributed by atoms with van der Waals surface area (Å²) in [7, 11) is 0. The van der Waals surface area contributed by atoms with Gasteiger partial charge in [0.2, 0.25) is 5.88 Å². The van der Waals surface area contributed by atoms with Crippen LogP contribution >= 0.6 is 0 Å². The molecule has 1 aromatic carbocycles. The molecule has 0 saturated carbocycles. The van der Waals surface area contributed by atoms with Gasteiger partial charge in [-0.15, -0.1) is 5.10 Å². The van der Waals surface area contributed by atoms with Gasteiger partial charge in [0.15, 0.2) is 0 Å². The number of carbonyl (C=O) groups is 1. The summed E-state index contributed by atoms with van der Waals surface area (Å²) in [4.78, 5) is 13.9. The molecule has 1 aromatic heterocycles. The van der Waals surface area contributed by atoms with Crippen molar-refractivity contribution in [2.75, 3.05) is 13.1 Å². The van der Waals surface area contributed by atoms with E-state index < -0.39 is 0 Å². The highest BCUT2D eigenvalue weighted by atomic mass is 16.5. The molecule has 6 heteroatoms. The van der Waals surface area contributed by atoms with Crippen LogP contribution in [0.25, 0.3) is 0 Å². The Labute approximate surface area is 129 Å². The summed E-state index contributed by atoms with van der Waals surface area (Å²) in [6, 6.07) is 13.3. The lowest BCUT2D eigenvalue weighted by atomic mass is 10.2. The van der Waals surface area contributed by atoms with E-state index in [0.29, 0.717) is 25.5 Å². The molecule has 114 valence electrons. The van der Waals surface area contributed by atoms with Crippen LogP contribution in [-0.2, 0) is 6.54 Å². The average molecular weight is 298 g/mol. The van der Waals surface area contributed by atoms with Crippen molar-refractivity contribution < 1.29 is 9.53 Å². The third-order valence-corrected chi connectivity index (χ3v) is 3.55. The molecule has 0 spiro atoms. The minimum absolute atomic E-state index is 0.0285. The van der Waals surface area contributed by atoms with Crippen molar-refractivity contribution in [3.63, 3.8) is 0 Å². The van der Waals surface area contributed by atoms with E-state index in [9.17, 15) is 4.79 Å². The average Bonchev–Trinajstić information content (AvgIpc) is 3.03. The predicted octanol–water partition coefficient (Wildman–Crippen LogP) is 1.84. The van der Waals surface area contributed by atoms with Crippen molar-refractivity contribution in [3.05, 3.63) is 54.2 Å². The number of hydrogen-bond donors (Lipinski definition) is 1. The zero-order valence-electron chi connectivity index (χ0n) is 12.2. The number of carbonyl (C=O) groups excluding carboxylic acids is 1. The first-order valence-corrected chi connectivity index (χ1v) is 7.32. The Bertz CT molecular complexity index is 606. The van der Waals surface area contributed by atoms with E-state index in [0.717, 1.165) is 12.0 Å². The fourth-order valence-corrected chi connectivity index (χ4v) is 2.42. The molecule has 1 atom stereocenters. The Morgan fingerprint density at radius 2 is 2.14 bits per heavy atom. The van der Waals surface area contributed by atoms with E-state index in [1.165, 1.54) is 0 Å². The summed E-state index contributed by atoms with van der Waals surface area (Å²) in [6.45, 7) is 1.79. The van der Waals surface area contributed by atoms with E-state index in [1.807, 2.05) is 30.3 Å². The molecule has 0 aliphatic carbocycles. The fraction of sp³-hybridized carbons (Fsp3) is 0.312. The highest BCUT2D eigenvalue weighted by Crippen LogP contribution is 2.15. The minimum atomic E-state index is -0.0610. The van der Waals surface area contributed by atoms with Gasteiger partial charge in [-0.3, -0.25) is 0 Å². The van der Waals surface area contributed by atoms with Crippen LogP contribution in [0.5, 0.6) is 5.88 Å². The standard InChI is InChI=1S/C16H18N4O2/c21-16(17-11-13-5-2-1-3-6-13)20-10-8-14(12-20)22-15-7-4-9-18-19-15/h1-7,9,14H,8,10-12H2,(H,17,21)/t14-/m0/s1. The number of rotatable bonds is 4. The summed E-state index contributed by atoms with van der Waals surface area (Å²) in [5.41, 5.74) is 1.09. The maximum atomic E-state index is 12.1. The lowest BCUT2D eigenvalue weighted by molar-refractivity contribution is 0.182. The van der Waals surface area contributed by atoms with Gasteiger partial charge in [-0.1, -0.05) is 30.3 Å². The summed E-state index contributed by atoms with van der Waals surface area (Å²) in [5, 5.41) is 10.6. The number of amides is 2. The molecule has 0 unspecified atom stereocenters. The van der Waals surface area contributed by atoms with Gasteiger partial charge < -0.3 is 15.0 Å². The topological polar surface area (TPSA) is 67.4 Å². The molecule has 3 rings (SSSR count). The molecule has 1 aliphatic heterocycles. The zero-order valence-corrected chi connectivity index (χ0v) is 12.2. The quantitative estimate of drug-likeness (QED) is 0.935. The number of nitrogens with zero attached hydrogens (tertiary/aromatic N) is 3. The SMILES string of the molecule is O=C(NCc1ccccc1)N1CC[C@H](Oc2cccnn2)C1. The number of nitrogens with one attached hydrogen (secondary N) is 1. The van der Waals surface area contributed by atoms with Crippen LogP contribution in [0.4, 0.5) is 4.79 Å². The van der Waals surface area contributed by atoms with Gasteiger partial charge in [-0.25, -0.2) is 4.79 Å². The van der Waals surface area contributed by atoms with Crippen LogP contribution in [0.15, 0.2) is 48.7 Å². The van der Waals surface area contributed by atoms with Gasteiger partial charge in [-0.2, -0.15) is 5.10 Å². The largest absolute Gasteiger partial charge is 0.471 e. The number of ether oxygens (including phenoxy) is 1. The third kappa shape index (κ3) is 3.72. The van der Waals surface area contributed by atoms with Gasteiger partial charge in [0.1, 0.15) is 6.10 Å². The third-order valence-electron chi connectivity index (χ3n) is 3.55. The Balaban J connectivity index is 1.46. The second-order valence-corrected chi connectivity index (χ2v) is 5.18. The molecule has 2 heterocycles. The van der Waals surface area contributed by atoms with Crippen molar-refractivity contribution in [2.45, 2.75) is 19.1 Å². The van der Waals surface area contributed by atoms with Crippen LogP contribution in [-0.4, -0.2) is 40.3 Å². The molecular formula is C16H18N4O2. The molecule has 0 bridgehead atoms. The van der Waals surface area contributed by atoms with Crippen LogP contribution in [0.2, 0.25) is 0 Å². The normalized spacial score (nSPS) is 17.3. The Morgan fingerprint density at radius 1 is 1.27 bits per heavy atom. The Hall–Kier alpha value is -2.63. The van der Waals surface area contributed by atoms with Crippen LogP contribution in [0, 0.1) is 0 Å². The lowest BCUT2D eigenvalue weighted by Crippen LogP contribution is -2.39. The smallest absolute Gasteiger partial charge is 0.317 e. The van der Waals surface area contributed by atoms with Crippen molar-refractivity contribution in [3.8, 4) is 5.88 Å². The first-order valence-electron chi connectivity index (χ1n) is 7.32.